The lowest BCUT2D eigenvalue weighted by Gasteiger charge is -2.07. The molecular weight excluding hydrogens is 295 g/mol. The van der Waals surface area contributed by atoms with Crippen LogP contribution in [0.3, 0.4) is 0 Å². The minimum Gasteiger partial charge on any atom is -0.310 e. The molecule has 0 bridgehead atoms. The van der Waals surface area contributed by atoms with Crippen LogP contribution in [0.5, 0.6) is 0 Å². The zero-order valence-electron chi connectivity index (χ0n) is 10.8. The third-order valence-electron chi connectivity index (χ3n) is 3.04. The van der Waals surface area contributed by atoms with Crippen molar-refractivity contribution in [2.24, 2.45) is 0 Å². The summed E-state index contributed by atoms with van der Waals surface area (Å²) in [4.78, 5) is 5.03. The van der Waals surface area contributed by atoms with Gasteiger partial charge in [0.2, 0.25) is 0 Å². The molecule has 104 valence electrons. The van der Waals surface area contributed by atoms with E-state index in [1.54, 1.807) is 24.4 Å². The topological polar surface area (TPSA) is 24.9 Å². The summed E-state index contributed by atoms with van der Waals surface area (Å²) in [7, 11) is 0. The molecule has 1 aromatic carbocycles. The smallest absolute Gasteiger partial charge is 0.124 e. The van der Waals surface area contributed by atoms with E-state index in [-0.39, 0.29) is 5.82 Å². The van der Waals surface area contributed by atoms with Crippen molar-refractivity contribution in [1.82, 2.24) is 10.3 Å². The normalized spacial score (nSPS) is 14.5. The lowest BCUT2D eigenvalue weighted by molar-refractivity contribution is 0.615. The highest BCUT2D eigenvalue weighted by molar-refractivity contribution is 7.99. The van der Waals surface area contributed by atoms with E-state index < -0.39 is 0 Å². The van der Waals surface area contributed by atoms with Gasteiger partial charge in [-0.1, -0.05) is 23.4 Å². The van der Waals surface area contributed by atoms with Crippen molar-refractivity contribution in [3.05, 3.63) is 52.9 Å². The number of pyridine rings is 1. The number of nitrogens with zero attached hydrogens (tertiary/aromatic N) is 1. The number of aromatic nitrogens is 1. The third kappa shape index (κ3) is 3.72. The molecule has 20 heavy (non-hydrogen) atoms. The monoisotopic (exact) mass is 308 g/mol. The van der Waals surface area contributed by atoms with Gasteiger partial charge in [0.15, 0.2) is 0 Å². The molecule has 0 amide bonds. The van der Waals surface area contributed by atoms with E-state index in [1.165, 1.54) is 30.7 Å². The average Bonchev–Trinajstić information content (AvgIpc) is 3.23. The summed E-state index contributed by atoms with van der Waals surface area (Å²) in [6.07, 6.45) is 4.13. The van der Waals surface area contributed by atoms with Gasteiger partial charge in [-0.25, -0.2) is 9.37 Å². The molecule has 2 aromatic rings. The summed E-state index contributed by atoms with van der Waals surface area (Å²) in [6, 6.07) is 9.23. The Balaban J connectivity index is 1.76. The summed E-state index contributed by atoms with van der Waals surface area (Å²) in [6.45, 7) is 0.700. The summed E-state index contributed by atoms with van der Waals surface area (Å²) < 4.78 is 13.7. The predicted molar refractivity (Wildman–Crippen MR) is 79.6 cm³/mol. The first-order valence-electron chi connectivity index (χ1n) is 6.52. The molecule has 3 rings (SSSR count). The summed E-state index contributed by atoms with van der Waals surface area (Å²) >= 11 is 7.46. The Bertz CT molecular complexity index is 617. The maximum atomic E-state index is 13.7. The van der Waals surface area contributed by atoms with Crippen molar-refractivity contribution >= 4 is 23.4 Å². The lowest BCUT2D eigenvalue weighted by atomic mass is 10.2. The molecular formula is C15H14ClFN2S. The minimum atomic E-state index is -0.227. The number of hydrogen-bond donors (Lipinski definition) is 1. The van der Waals surface area contributed by atoms with E-state index in [2.05, 4.69) is 10.3 Å². The van der Waals surface area contributed by atoms with Crippen molar-refractivity contribution in [3.63, 3.8) is 0 Å². The molecule has 0 aliphatic heterocycles. The second kappa shape index (κ2) is 6.12. The standard InChI is InChI=1S/C15H14ClFN2S/c16-14-2-1-5-18-15(14)20-13-7-10(6-11(17)8-13)9-19-12-3-4-12/h1-2,5-8,12,19H,3-4,9H2. The van der Waals surface area contributed by atoms with Gasteiger partial charge in [0.25, 0.3) is 0 Å². The quantitative estimate of drug-likeness (QED) is 0.892. The van der Waals surface area contributed by atoms with Gasteiger partial charge in [0.05, 0.1) is 5.02 Å². The molecule has 1 aliphatic rings. The molecule has 1 aliphatic carbocycles. The van der Waals surface area contributed by atoms with E-state index in [1.807, 2.05) is 6.07 Å². The summed E-state index contributed by atoms with van der Waals surface area (Å²) in [5.41, 5.74) is 0.950. The minimum absolute atomic E-state index is 0.227. The molecule has 0 unspecified atom stereocenters. The molecule has 5 heteroatoms. The molecule has 1 fully saturated rings. The molecule has 1 heterocycles. The fourth-order valence-corrected chi connectivity index (χ4v) is 3.01. The third-order valence-corrected chi connectivity index (χ3v) is 4.45. The van der Waals surface area contributed by atoms with E-state index in [9.17, 15) is 4.39 Å². The van der Waals surface area contributed by atoms with Gasteiger partial charge < -0.3 is 5.32 Å². The highest BCUT2D eigenvalue weighted by atomic mass is 35.5. The van der Waals surface area contributed by atoms with Gasteiger partial charge in [0.1, 0.15) is 10.8 Å². The Morgan fingerprint density at radius 2 is 2.20 bits per heavy atom. The first-order valence-corrected chi connectivity index (χ1v) is 7.71. The van der Waals surface area contributed by atoms with Crippen LogP contribution in [0.15, 0.2) is 46.5 Å². The van der Waals surface area contributed by atoms with Gasteiger partial charge in [-0.2, -0.15) is 0 Å². The van der Waals surface area contributed by atoms with Gasteiger partial charge in [0, 0.05) is 23.7 Å². The molecule has 0 radical (unpaired) electrons. The van der Waals surface area contributed by atoms with Crippen molar-refractivity contribution in [3.8, 4) is 0 Å². The fraction of sp³-hybridized carbons (Fsp3) is 0.267. The van der Waals surface area contributed by atoms with Crippen LogP contribution < -0.4 is 5.32 Å². The summed E-state index contributed by atoms with van der Waals surface area (Å²) in [5, 5.41) is 4.66. The second-order valence-electron chi connectivity index (χ2n) is 4.84. The number of halogens is 2. The molecule has 1 aromatic heterocycles. The van der Waals surface area contributed by atoms with Crippen LogP contribution >= 0.6 is 23.4 Å². The zero-order chi connectivity index (χ0) is 13.9. The molecule has 0 atom stereocenters. The Morgan fingerprint density at radius 3 is 2.95 bits per heavy atom. The van der Waals surface area contributed by atoms with Crippen molar-refractivity contribution in [1.29, 1.82) is 0 Å². The van der Waals surface area contributed by atoms with Crippen LogP contribution in [0.4, 0.5) is 4.39 Å². The predicted octanol–water partition coefficient (Wildman–Crippen LogP) is 4.28. The van der Waals surface area contributed by atoms with Crippen LogP contribution in [-0.4, -0.2) is 11.0 Å². The van der Waals surface area contributed by atoms with Crippen LogP contribution in [-0.2, 0) is 6.54 Å². The second-order valence-corrected chi connectivity index (χ2v) is 6.31. The van der Waals surface area contributed by atoms with Crippen molar-refractivity contribution in [2.75, 3.05) is 0 Å². The highest BCUT2D eigenvalue weighted by Gasteiger charge is 2.20. The number of hydrogen-bond acceptors (Lipinski definition) is 3. The number of benzene rings is 1. The fourth-order valence-electron chi connectivity index (χ4n) is 1.89. The SMILES string of the molecule is Fc1cc(CNC2CC2)cc(Sc2ncccc2Cl)c1. The maximum absolute atomic E-state index is 13.7. The maximum Gasteiger partial charge on any atom is 0.124 e. The molecule has 2 nitrogen and oxygen atoms in total. The Morgan fingerprint density at radius 1 is 1.35 bits per heavy atom. The van der Waals surface area contributed by atoms with Gasteiger partial charge >= 0.3 is 0 Å². The van der Waals surface area contributed by atoms with Gasteiger partial charge in [-0.05, 0) is 48.7 Å². The summed E-state index contributed by atoms with van der Waals surface area (Å²) in [5.74, 6) is -0.227. The molecule has 0 saturated heterocycles. The number of nitrogens with one attached hydrogen (secondary N) is 1. The highest BCUT2D eigenvalue weighted by Crippen LogP contribution is 2.32. The van der Waals surface area contributed by atoms with E-state index in [0.29, 0.717) is 22.6 Å². The first kappa shape index (κ1) is 13.9. The molecule has 0 spiro atoms. The van der Waals surface area contributed by atoms with Gasteiger partial charge in [-0.15, -0.1) is 0 Å². The van der Waals surface area contributed by atoms with E-state index in [4.69, 9.17) is 11.6 Å². The molecule has 1 saturated carbocycles. The molecule has 1 N–H and O–H groups in total. The first-order chi connectivity index (χ1) is 9.70. The van der Waals surface area contributed by atoms with Crippen LogP contribution in [0, 0.1) is 5.82 Å². The Hall–Kier alpha value is -1.10. The van der Waals surface area contributed by atoms with Gasteiger partial charge in [-0.3, -0.25) is 0 Å². The van der Waals surface area contributed by atoms with Crippen molar-refractivity contribution in [2.45, 2.75) is 35.3 Å². The Labute approximate surface area is 126 Å². The lowest BCUT2D eigenvalue weighted by Crippen LogP contribution is -2.15. The van der Waals surface area contributed by atoms with Crippen LogP contribution in [0.2, 0.25) is 5.02 Å². The number of rotatable bonds is 5. The Kier molecular flexibility index (Phi) is 4.24. The average molecular weight is 309 g/mol. The zero-order valence-corrected chi connectivity index (χ0v) is 12.3. The van der Waals surface area contributed by atoms with Crippen LogP contribution in [0.1, 0.15) is 18.4 Å². The van der Waals surface area contributed by atoms with Crippen LogP contribution in [0.25, 0.3) is 0 Å². The van der Waals surface area contributed by atoms with Crippen molar-refractivity contribution < 1.29 is 4.39 Å². The largest absolute Gasteiger partial charge is 0.310 e. The van der Waals surface area contributed by atoms with E-state index >= 15 is 0 Å². The van der Waals surface area contributed by atoms with E-state index in [0.717, 1.165) is 10.5 Å².